The first-order valence-corrected chi connectivity index (χ1v) is 7.80. The molecule has 2 atom stereocenters. The van der Waals surface area contributed by atoms with Gasteiger partial charge in [0, 0.05) is 11.6 Å². The fraction of sp³-hybridized carbons (Fsp3) is 0.278. The average molecular weight is 469 g/mol. The molecule has 0 N–H and O–H groups in total. The number of hydrogen-bond acceptors (Lipinski definition) is 3. The van der Waals surface area contributed by atoms with Crippen molar-refractivity contribution in [2.45, 2.75) is 26.2 Å². The fourth-order valence-corrected chi connectivity index (χ4v) is 2.52. The molecule has 0 amide bonds. The van der Waals surface area contributed by atoms with Crippen LogP contribution in [0.15, 0.2) is 42.5 Å². The summed E-state index contributed by atoms with van der Waals surface area (Å²) in [6.07, 6.45) is 0.572. The van der Waals surface area contributed by atoms with Crippen molar-refractivity contribution in [2.75, 3.05) is 0 Å². The minimum absolute atomic E-state index is 0. The minimum Gasteiger partial charge on any atom is -0.520 e. The first-order chi connectivity index (χ1) is 11.1. The normalized spacial score (nSPS) is 19.6. The van der Waals surface area contributed by atoms with E-state index in [2.05, 4.69) is 6.92 Å². The van der Waals surface area contributed by atoms with Crippen molar-refractivity contribution in [2.24, 2.45) is 5.92 Å². The third kappa shape index (κ3) is 5.92. The van der Waals surface area contributed by atoms with Crippen molar-refractivity contribution >= 4 is 11.6 Å². The third-order valence-electron chi connectivity index (χ3n) is 3.51. The second-order valence-electron chi connectivity index (χ2n) is 5.53. The van der Waals surface area contributed by atoms with Gasteiger partial charge in [-0.1, -0.05) is 30.7 Å². The smallest absolute Gasteiger partial charge is 0.520 e. The van der Waals surface area contributed by atoms with Crippen LogP contribution in [0.3, 0.4) is 0 Å². The van der Waals surface area contributed by atoms with E-state index < -0.39 is 0 Å². The summed E-state index contributed by atoms with van der Waals surface area (Å²) in [5, 5.41) is 0.348. The van der Waals surface area contributed by atoms with Gasteiger partial charge in [0.05, 0.1) is 5.02 Å². The maximum absolute atomic E-state index is 13.0. The summed E-state index contributed by atoms with van der Waals surface area (Å²) in [7, 11) is 0. The number of ether oxygens (including phenoxy) is 3. The molecule has 3 rings (SSSR count). The topological polar surface area (TPSA) is 27.7 Å². The standard InChI is InChI=1S/C18H17ClFO3.Cs/c1-12-7-18(22-10-12)23-16-4-2-3-15(9-16)21-11-13-5-6-14(20)8-17(13)19;/h2-6,8-10,12,18H,7,11H2,1H3;/q-1;+1/t12-,18?;/m1./s1. The molecule has 6 heteroatoms. The second kappa shape index (κ2) is 9.83. The molecule has 1 aliphatic rings. The Morgan fingerprint density at radius 2 is 2.04 bits per heavy atom. The van der Waals surface area contributed by atoms with Crippen LogP contribution in [0.4, 0.5) is 4.39 Å². The Morgan fingerprint density at radius 3 is 2.75 bits per heavy atom. The van der Waals surface area contributed by atoms with Gasteiger partial charge in [0.1, 0.15) is 23.9 Å². The number of hydrogen-bond donors (Lipinski definition) is 0. The van der Waals surface area contributed by atoms with E-state index in [4.69, 9.17) is 25.8 Å². The van der Waals surface area contributed by atoms with Gasteiger partial charge < -0.3 is 14.2 Å². The molecule has 1 aliphatic heterocycles. The van der Waals surface area contributed by atoms with Gasteiger partial charge >= 0.3 is 68.9 Å². The van der Waals surface area contributed by atoms with E-state index in [-0.39, 0.29) is 87.6 Å². The van der Waals surface area contributed by atoms with Crippen LogP contribution in [0.25, 0.3) is 0 Å². The first-order valence-electron chi connectivity index (χ1n) is 7.42. The molecule has 0 aromatic heterocycles. The number of halogens is 2. The van der Waals surface area contributed by atoms with Gasteiger partial charge in [-0.2, -0.15) is 0 Å². The molecular weight excluding hydrogens is 452 g/mol. The van der Waals surface area contributed by atoms with Gasteiger partial charge in [-0.25, -0.2) is 11.0 Å². The number of rotatable bonds is 5. The van der Waals surface area contributed by atoms with E-state index in [1.165, 1.54) is 12.1 Å². The predicted octanol–water partition coefficient (Wildman–Crippen LogP) is 1.99. The van der Waals surface area contributed by atoms with Crippen molar-refractivity contribution in [3.63, 3.8) is 0 Å². The van der Waals surface area contributed by atoms with Crippen LogP contribution in [-0.2, 0) is 11.3 Å². The van der Waals surface area contributed by atoms with Crippen LogP contribution in [0.2, 0.25) is 5.02 Å². The molecule has 0 saturated carbocycles. The van der Waals surface area contributed by atoms with Crippen LogP contribution in [0.5, 0.6) is 11.5 Å². The SMILES string of the molecule is C[C@H]1[CH-]OC(Oc2cccc(OCc3ccc(F)cc3Cl)c2)C1.[Cs+]. The zero-order valence-corrected chi connectivity index (χ0v) is 20.7. The van der Waals surface area contributed by atoms with Gasteiger partial charge in [-0.05, 0) is 30.7 Å². The molecule has 1 saturated heterocycles. The molecule has 0 bridgehead atoms. The van der Waals surface area contributed by atoms with Crippen molar-refractivity contribution in [1.82, 2.24) is 0 Å². The summed E-state index contributed by atoms with van der Waals surface area (Å²) >= 11 is 5.99. The quantitative estimate of drug-likeness (QED) is 0.628. The summed E-state index contributed by atoms with van der Waals surface area (Å²) < 4.78 is 29.9. The van der Waals surface area contributed by atoms with Crippen LogP contribution >= 0.6 is 11.6 Å². The molecular formula is C18H17ClCsFO3. The van der Waals surface area contributed by atoms with E-state index >= 15 is 0 Å². The largest absolute Gasteiger partial charge is 1.00 e. The number of benzene rings is 2. The van der Waals surface area contributed by atoms with Crippen LogP contribution < -0.4 is 78.4 Å². The Bertz CT molecular complexity index is 683. The van der Waals surface area contributed by atoms with Crippen molar-refractivity contribution < 1.29 is 87.5 Å². The van der Waals surface area contributed by atoms with E-state index in [0.29, 0.717) is 22.4 Å². The molecule has 122 valence electrons. The molecule has 1 fully saturated rings. The first kappa shape index (κ1) is 20.6. The summed E-state index contributed by atoms with van der Waals surface area (Å²) in [4.78, 5) is 0. The van der Waals surface area contributed by atoms with E-state index in [0.717, 1.165) is 12.0 Å². The van der Waals surface area contributed by atoms with Crippen molar-refractivity contribution in [3.05, 3.63) is 65.5 Å². The Kier molecular flexibility index (Phi) is 8.43. The Balaban J connectivity index is 0.00000208. The van der Waals surface area contributed by atoms with Gasteiger partial charge in [0.15, 0.2) is 6.29 Å². The summed E-state index contributed by atoms with van der Waals surface area (Å²) in [6, 6.07) is 11.6. The molecule has 24 heavy (non-hydrogen) atoms. The Morgan fingerprint density at radius 1 is 1.25 bits per heavy atom. The molecule has 0 spiro atoms. The summed E-state index contributed by atoms with van der Waals surface area (Å²) in [6.45, 7) is 4.13. The fourth-order valence-electron chi connectivity index (χ4n) is 2.30. The van der Waals surface area contributed by atoms with Crippen LogP contribution in [0.1, 0.15) is 18.9 Å². The molecule has 0 radical (unpaired) electrons. The maximum Gasteiger partial charge on any atom is 1.00 e. The second-order valence-corrected chi connectivity index (χ2v) is 5.94. The molecule has 1 unspecified atom stereocenters. The van der Waals surface area contributed by atoms with Crippen LogP contribution in [0, 0.1) is 18.3 Å². The predicted molar refractivity (Wildman–Crippen MR) is 85.8 cm³/mol. The summed E-state index contributed by atoms with van der Waals surface area (Å²) in [5.74, 6) is 1.36. The molecule has 1 heterocycles. The molecule has 2 aromatic rings. The van der Waals surface area contributed by atoms with E-state index in [1.807, 2.05) is 18.2 Å². The zero-order chi connectivity index (χ0) is 16.2. The van der Waals surface area contributed by atoms with Gasteiger partial charge in [-0.15, -0.1) is 5.92 Å². The minimum atomic E-state index is -0.364. The van der Waals surface area contributed by atoms with Gasteiger partial charge in [-0.3, -0.25) is 0 Å². The summed E-state index contributed by atoms with van der Waals surface area (Å²) in [5.41, 5.74) is 0.724. The van der Waals surface area contributed by atoms with Gasteiger partial charge in [0.25, 0.3) is 0 Å². The van der Waals surface area contributed by atoms with E-state index in [1.54, 1.807) is 18.7 Å². The Hall–Kier alpha value is 0.272. The van der Waals surface area contributed by atoms with E-state index in [9.17, 15) is 4.39 Å². The van der Waals surface area contributed by atoms with Crippen LogP contribution in [-0.4, -0.2) is 6.29 Å². The third-order valence-corrected chi connectivity index (χ3v) is 3.86. The molecule has 3 nitrogen and oxygen atoms in total. The van der Waals surface area contributed by atoms with Crippen molar-refractivity contribution in [1.29, 1.82) is 0 Å². The average Bonchev–Trinajstić information content (AvgIpc) is 2.92. The van der Waals surface area contributed by atoms with Crippen molar-refractivity contribution in [3.8, 4) is 11.5 Å². The zero-order valence-electron chi connectivity index (χ0n) is 13.7. The maximum atomic E-state index is 13.0. The Labute approximate surface area is 205 Å². The van der Waals surface area contributed by atoms with Gasteiger partial charge in [0.2, 0.25) is 0 Å². The molecule has 2 aromatic carbocycles. The molecule has 0 aliphatic carbocycles. The monoisotopic (exact) mass is 468 g/mol.